The molecule has 3 N–H and O–H groups in total. The lowest BCUT2D eigenvalue weighted by molar-refractivity contribution is 0.0924. The number of nitrogens with one attached hydrogen (secondary N) is 1. The molecule has 1 amide bonds. The molecular formula is C26H23NO6. The first-order valence-corrected chi connectivity index (χ1v) is 10.2. The van der Waals surface area contributed by atoms with Crippen molar-refractivity contribution in [3.63, 3.8) is 0 Å². The van der Waals surface area contributed by atoms with Crippen molar-refractivity contribution in [2.75, 3.05) is 14.2 Å². The number of amides is 1. The van der Waals surface area contributed by atoms with Gasteiger partial charge in [0.2, 0.25) is 0 Å². The van der Waals surface area contributed by atoms with E-state index >= 15 is 0 Å². The first kappa shape index (κ1) is 21.8. The van der Waals surface area contributed by atoms with Crippen molar-refractivity contribution in [3.8, 4) is 45.4 Å². The Balaban J connectivity index is 1.75. The van der Waals surface area contributed by atoms with Gasteiger partial charge in [-0.3, -0.25) is 4.79 Å². The molecule has 168 valence electrons. The summed E-state index contributed by atoms with van der Waals surface area (Å²) in [5, 5.41) is 22.8. The topological polar surface area (TPSA) is 101 Å². The van der Waals surface area contributed by atoms with E-state index in [1.54, 1.807) is 30.3 Å². The van der Waals surface area contributed by atoms with Crippen molar-refractivity contribution in [2.24, 2.45) is 0 Å². The standard InChI is InChI=1S/C26H23NO6/c1-31-22-12-17(8-10-20(22)28)19-14-24(26(30)27-15-16-6-4-3-5-7-16)33-25(19)18-9-11-21(29)23(13-18)32-2/h3-14,28-29H,15H2,1-2H3,(H,27,30). The maximum Gasteiger partial charge on any atom is 0.287 e. The molecule has 0 unspecified atom stereocenters. The first-order chi connectivity index (χ1) is 16.0. The average molecular weight is 445 g/mol. The summed E-state index contributed by atoms with van der Waals surface area (Å²) in [6, 6.07) is 20.9. The molecule has 0 bridgehead atoms. The Kier molecular flexibility index (Phi) is 6.22. The molecule has 3 aromatic carbocycles. The van der Waals surface area contributed by atoms with E-state index in [2.05, 4.69) is 5.32 Å². The molecule has 0 saturated heterocycles. The van der Waals surface area contributed by atoms with E-state index < -0.39 is 0 Å². The first-order valence-electron chi connectivity index (χ1n) is 10.2. The van der Waals surface area contributed by atoms with E-state index in [0.29, 0.717) is 29.0 Å². The predicted octanol–water partition coefficient (Wildman–Crippen LogP) is 4.97. The maximum atomic E-state index is 12.9. The van der Waals surface area contributed by atoms with Crippen molar-refractivity contribution >= 4 is 5.91 Å². The number of phenols is 2. The number of rotatable bonds is 7. The second-order valence-corrected chi connectivity index (χ2v) is 7.29. The molecule has 7 nitrogen and oxygen atoms in total. The van der Waals surface area contributed by atoms with E-state index in [-0.39, 0.29) is 34.7 Å². The van der Waals surface area contributed by atoms with Crippen LogP contribution in [0.4, 0.5) is 0 Å². The fourth-order valence-corrected chi connectivity index (χ4v) is 3.46. The summed E-state index contributed by atoms with van der Waals surface area (Å²) in [5.74, 6) is 0.704. The van der Waals surface area contributed by atoms with E-state index in [0.717, 1.165) is 5.56 Å². The number of methoxy groups -OCH3 is 2. The summed E-state index contributed by atoms with van der Waals surface area (Å²) in [6.07, 6.45) is 0. The Labute approximate surface area is 190 Å². The number of phenolic OH excluding ortho intramolecular Hbond substituents is 2. The van der Waals surface area contributed by atoms with Crippen LogP contribution in [0.5, 0.6) is 23.0 Å². The van der Waals surface area contributed by atoms with Gasteiger partial charge in [-0.05, 0) is 47.5 Å². The molecule has 0 aliphatic heterocycles. The Morgan fingerprint density at radius 1 is 0.848 bits per heavy atom. The van der Waals surface area contributed by atoms with Crippen molar-refractivity contribution in [2.45, 2.75) is 6.54 Å². The minimum Gasteiger partial charge on any atom is -0.504 e. The largest absolute Gasteiger partial charge is 0.504 e. The van der Waals surface area contributed by atoms with Crippen LogP contribution in [0.25, 0.3) is 22.5 Å². The molecular weight excluding hydrogens is 422 g/mol. The van der Waals surface area contributed by atoms with Crippen LogP contribution in [0.1, 0.15) is 16.1 Å². The lowest BCUT2D eigenvalue weighted by atomic mass is 10.0. The molecule has 0 spiro atoms. The zero-order valence-corrected chi connectivity index (χ0v) is 18.2. The van der Waals surface area contributed by atoms with Gasteiger partial charge in [-0.2, -0.15) is 0 Å². The highest BCUT2D eigenvalue weighted by atomic mass is 16.5. The highest BCUT2D eigenvalue weighted by molar-refractivity contribution is 5.95. The third-order valence-electron chi connectivity index (χ3n) is 5.18. The van der Waals surface area contributed by atoms with Crippen LogP contribution in [0.2, 0.25) is 0 Å². The highest BCUT2D eigenvalue weighted by Crippen LogP contribution is 2.41. The van der Waals surface area contributed by atoms with Crippen LogP contribution in [0.3, 0.4) is 0 Å². The molecule has 0 fully saturated rings. The summed E-state index contributed by atoms with van der Waals surface area (Å²) >= 11 is 0. The number of hydrogen-bond donors (Lipinski definition) is 3. The zero-order chi connectivity index (χ0) is 23.4. The lowest BCUT2D eigenvalue weighted by Crippen LogP contribution is -2.22. The van der Waals surface area contributed by atoms with Crippen molar-refractivity contribution in [1.82, 2.24) is 5.32 Å². The second kappa shape index (κ2) is 9.40. The normalized spacial score (nSPS) is 10.6. The van der Waals surface area contributed by atoms with Crippen molar-refractivity contribution in [3.05, 3.63) is 84.1 Å². The molecule has 7 heteroatoms. The summed E-state index contributed by atoms with van der Waals surface area (Å²) in [7, 11) is 2.91. The fourth-order valence-electron chi connectivity index (χ4n) is 3.46. The van der Waals surface area contributed by atoms with E-state index in [9.17, 15) is 15.0 Å². The quantitative estimate of drug-likeness (QED) is 0.371. The third-order valence-corrected chi connectivity index (χ3v) is 5.18. The molecule has 0 radical (unpaired) electrons. The number of aromatic hydroxyl groups is 2. The Bertz CT molecular complexity index is 1210. The molecule has 4 aromatic rings. The summed E-state index contributed by atoms with van der Waals surface area (Å²) < 4.78 is 16.5. The number of furan rings is 1. The van der Waals surface area contributed by atoms with Gasteiger partial charge in [-0.25, -0.2) is 0 Å². The van der Waals surface area contributed by atoms with Crippen LogP contribution in [-0.4, -0.2) is 30.3 Å². The van der Waals surface area contributed by atoms with Crippen LogP contribution in [-0.2, 0) is 6.54 Å². The van der Waals surface area contributed by atoms with Gasteiger partial charge < -0.3 is 29.4 Å². The van der Waals surface area contributed by atoms with Gasteiger partial charge in [0, 0.05) is 17.7 Å². The zero-order valence-electron chi connectivity index (χ0n) is 18.2. The predicted molar refractivity (Wildman–Crippen MR) is 124 cm³/mol. The van der Waals surface area contributed by atoms with Gasteiger partial charge >= 0.3 is 0 Å². The SMILES string of the molecule is COc1cc(-c2cc(C(=O)NCc3ccccc3)oc2-c2ccc(O)c(OC)c2)ccc1O. The molecule has 4 rings (SSSR count). The number of carbonyl (C=O) groups is 1. The van der Waals surface area contributed by atoms with Gasteiger partial charge in [-0.15, -0.1) is 0 Å². The fraction of sp³-hybridized carbons (Fsp3) is 0.115. The number of ether oxygens (including phenoxy) is 2. The number of benzene rings is 3. The van der Waals surface area contributed by atoms with Gasteiger partial charge in [0.1, 0.15) is 5.76 Å². The van der Waals surface area contributed by atoms with Crippen molar-refractivity contribution < 1.29 is 28.9 Å². The minimum atomic E-state index is -0.372. The van der Waals surface area contributed by atoms with E-state index in [1.165, 1.54) is 26.4 Å². The smallest absolute Gasteiger partial charge is 0.287 e. The molecule has 0 saturated carbocycles. The van der Waals surface area contributed by atoms with Gasteiger partial charge in [0.05, 0.1) is 14.2 Å². The molecule has 0 aliphatic carbocycles. The van der Waals surface area contributed by atoms with Crippen LogP contribution >= 0.6 is 0 Å². The number of hydrogen-bond acceptors (Lipinski definition) is 6. The second-order valence-electron chi connectivity index (χ2n) is 7.29. The molecule has 0 aliphatic rings. The molecule has 0 atom stereocenters. The minimum absolute atomic E-state index is 0.00146. The highest BCUT2D eigenvalue weighted by Gasteiger charge is 2.21. The average Bonchev–Trinajstić information content (AvgIpc) is 3.29. The van der Waals surface area contributed by atoms with Gasteiger partial charge in [0.25, 0.3) is 5.91 Å². The summed E-state index contributed by atoms with van der Waals surface area (Å²) in [4.78, 5) is 12.9. The molecule has 1 aromatic heterocycles. The Morgan fingerprint density at radius 2 is 1.45 bits per heavy atom. The monoisotopic (exact) mass is 445 g/mol. The maximum absolute atomic E-state index is 12.9. The van der Waals surface area contributed by atoms with E-state index in [1.807, 2.05) is 30.3 Å². The Morgan fingerprint density at radius 3 is 2.09 bits per heavy atom. The lowest BCUT2D eigenvalue weighted by Gasteiger charge is -2.09. The molecule has 33 heavy (non-hydrogen) atoms. The van der Waals surface area contributed by atoms with Crippen LogP contribution in [0, 0.1) is 0 Å². The van der Waals surface area contributed by atoms with Gasteiger partial charge in [0.15, 0.2) is 28.8 Å². The molecule has 1 heterocycles. The van der Waals surface area contributed by atoms with Crippen molar-refractivity contribution in [1.29, 1.82) is 0 Å². The van der Waals surface area contributed by atoms with Gasteiger partial charge in [-0.1, -0.05) is 36.4 Å². The number of carbonyl (C=O) groups excluding carboxylic acids is 1. The summed E-state index contributed by atoms with van der Waals surface area (Å²) in [6.45, 7) is 0.352. The summed E-state index contributed by atoms with van der Waals surface area (Å²) in [5.41, 5.74) is 2.86. The van der Waals surface area contributed by atoms with Crippen LogP contribution < -0.4 is 14.8 Å². The van der Waals surface area contributed by atoms with E-state index in [4.69, 9.17) is 13.9 Å². The third kappa shape index (κ3) is 4.62. The Hall–Kier alpha value is -4.39. The van der Waals surface area contributed by atoms with Crippen LogP contribution in [0.15, 0.2) is 77.2 Å².